The van der Waals surface area contributed by atoms with E-state index in [2.05, 4.69) is 26.8 Å². The van der Waals surface area contributed by atoms with Gasteiger partial charge in [0, 0.05) is 5.56 Å². The summed E-state index contributed by atoms with van der Waals surface area (Å²) in [5, 5.41) is 43.7. The number of hydrogen-bond acceptors (Lipinski definition) is 7. The lowest BCUT2D eigenvalue weighted by Gasteiger charge is -2.64. The predicted molar refractivity (Wildman–Crippen MR) is 177 cm³/mol. The predicted octanol–water partition coefficient (Wildman–Crippen LogP) is 7.91. The number of allylic oxidation sites excluding steroid dienone is 6. The molecule has 2 saturated carbocycles. The Morgan fingerprint density at radius 1 is 0.956 bits per heavy atom. The van der Waals surface area contributed by atoms with Crippen molar-refractivity contribution in [2.45, 2.75) is 119 Å². The Hall–Kier alpha value is -3.16. The highest BCUT2D eigenvalue weighted by Gasteiger charge is 2.75. The summed E-state index contributed by atoms with van der Waals surface area (Å²) in [6, 6.07) is 3.90. The van der Waals surface area contributed by atoms with E-state index in [0.717, 1.165) is 16.7 Å². The number of hydrogen-bond donors (Lipinski definition) is 4. The highest BCUT2D eigenvalue weighted by Crippen LogP contribution is 2.70. The van der Waals surface area contributed by atoms with E-state index in [1.807, 2.05) is 39.8 Å². The average Bonchev–Trinajstić information content (AvgIpc) is 3.08. The fraction of sp³-hybridized carbons (Fsp3) is 0.579. The van der Waals surface area contributed by atoms with Crippen LogP contribution in [0.4, 0.5) is 0 Å². The van der Waals surface area contributed by atoms with Gasteiger partial charge in [-0.05, 0) is 123 Å². The number of phenols is 2. The molecule has 6 atom stereocenters. The van der Waals surface area contributed by atoms with Crippen LogP contribution in [0.1, 0.15) is 106 Å². The minimum absolute atomic E-state index is 0.00737. The first-order valence-electron chi connectivity index (χ1n) is 16.1. The van der Waals surface area contributed by atoms with Crippen molar-refractivity contribution in [3.05, 3.63) is 64.3 Å². The van der Waals surface area contributed by atoms with Gasteiger partial charge in [-0.1, -0.05) is 41.9 Å². The Kier molecular flexibility index (Phi) is 9.42. The lowest BCUT2D eigenvalue weighted by atomic mass is 9.37. The zero-order valence-electron chi connectivity index (χ0n) is 28.5. The molecular weight excluding hydrogens is 568 g/mol. The van der Waals surface area contributed by atoms with Crippen molar-refractivity contribution in [2.75, 3.05) is 0 Å². The van der Waals surface area contributed by atoms with Gasteiger partial charge in [0.2, 0.25) is 0 Å². The quantitative estimate of drug-likeness (QED) is 0.0765. The molecule has 3 aliphatic rings. The summed E-state index contributed by atoms with van der Waals surface area (Å²) < 4.78 is 6.85. The van der Waals surface area contributed by atoms with Crippen LogP contribution in [-0.4, -0.2) is 49.8 Å². The Morgan fingerprint density at radius 3 is 2.11 bits per heavy atom. The Morgan fingerprint density at radius 2 is 1.56 bits per heavy atom. The van der Waals surface area contributed by atoms with Crippen molar-refractivity contribution >= 4 is 17.3 Å². The van der Waals surface area contributed by atoms with Gasteiger partial charge in [0.15, 0.2) is 23.1 Å². The molecule has 2 bridgehead atoms. The molecule has 2 aliphatic carbocycles. The van der Waals surface area contributed by atoms with Crippen LogP contribution >= 0.6 is 0 Å². The molecule has 0 spiro atoms. The van der Waals surface area contributed by atoms with Crippen LogP contribution in [0.15, 0.2) is 58.7 Å². The molecule has 7 heteroatoms. The van der Waals surface area contributed by atoms with Crippen molar-refractivity contribution in [1.82, 2.24) is 0 Å². The van der Waals surface area contributed by atoms with Crippen molar-refractivity contribution in [2.24, 2.45) is 22.2 Å². The first-order valence-corrected chi connectivity index (χ1v) is 16.1. The summed E-state index contributed by atoms with van der Waals surface area (Å²) in [7, 11) is 0. The van der Waals surface area contributed by atoms with Crippen LogP contribution in [-0.2, 0) is 14.3 Å². The number of ether oxygens (including phenoxy) is 1. The number of aliphatic hydroxyl groups is 2. The number of aliphatic hydroxyl groups excluding tert-OH is 1. The van der Waals surface area contributed by atoms with E-state index in [1.165, 1.54) is 18.2 Å². The lowest BCUT2D eigenvalue weighted by Crippen LogP contribution is -2.71. The Labute approximate surface area is 268 Å². The summed E-state index contributed by atoms with van der Waals surface area (Å²) >= 11 is 0. The number of benzene rings is 1. The lowest BCUT2D eigenvalue weighted by molar-refractivity contribution is -0.199. The van der Waals surface area contributed by atoms with Crippen LogP contribution in [0, 0.1) is 22.2 Å². The second kappa shape index (κ2) is 12.2. The van der Waals surface area contributed by atoms with Crippen molar-refractivity contribution in [1.29, 1.82) is 0 Å². The summed E-state index contributed by atoms with van der Waals surface area (Å²) in [6.07, 6.45) is 6.86. The molecule has 0 radical (unpaired) electrons. The fourth-order valence-electron chi connectivity index (χ4n) is 8.05. The van der Waals surface area contributed by atoms with Gasteiger partial charge in [-0.2, -0.15) is 0 Å². The number of carbonyl (C=O) groups excluding carboxylic acids is 2. The number of rotatable bonds is 8. The highest BCUT2D eigenvalue weighted by atomic mass is 16.5. The molecular formula is C38H52O7. The monoisotopic (exact) mass is 620 g/mol. The zero-order valence-corrected chi connectivity index (χ0v) is 28.5. The van der Waals surface area contributed by atoms with Gasteiger partial charge in [-0.15, -0.1) is 0 Å². The van der Waals surface area contributed by atoms with E-state index >= 15 is 9.59 Å². The highest BCUT2D eigenvalue weighted by molar-refractivity contribution is 6.23. The minimum atomic E-state index is -1.44. The average molecular weight is 621 g/mol. The van der Waals surface area contributed by atoms with Crippen molar-refractivity contribution in [3.8, 4) is 11.5 Å². The van der Waals surface area contributed by atoms with E-state index in [-0.39, 0.29) is 35.0 Å². The number of ketones is 2. The summed E-state index contributed by atoms with van der Waals surface area (Å²) in [5.41, 5.74) is -1.35. The number of fused-ring (bicyclic) bond motifs is 1. The third-order valence-corrected chi connectivity index (χ3v) is 10.8. The molecule has 7 nitrogen and oxygen atoms in total. The van der Waals surface area contributed by atoms with E-state index < -0.39 is 51.3 Å². The molecule has 0 amide bonds. The number of carbonyl (C=O) groups is 2. The maximum Gasteiger partial charge on any atom is 0.179 e. The molecule has 1 aromatic rings. The van der Waals surface area contributed by atoms with Gasteiger partial charge in [0.1, 0.15) is 11.9 Å². The Balaban J connectivity index is 2.19. The zero-order chi connectivity index (χ0) is 33.7. The molecule has 3 fully saturated rings. The van der Waals surface area contributed by atoms with E-state index in [9.17, 15) is 20.4 Å². The molecule has 1 aromatic carbocycles. The van der Waals surface area contributed by atoms with Gasteiger partial charge < -0.3 is 25.2 Å². The molecule has 4 rings (SSSR count). The van der Waals surface area contributed by atoms with Crippen LogP contribution in [0.3, 0.4) is 0 Å². The van der Waals surface area contributed by atoms with Crippen molar-refractivity contribution < 1.29 is 34.8 Å². The van der Waals surface area contributed by atoms with Gasteiger partial charge in [-0.25, -0.2) is 0 Å². The molecule has 1 heterocycles. The summed E-state index contributed by atoms with van der Waals surface area (Å²) in [6.45, 7) is 17.4. The van der Waals surface area contributed by atoms with E-state index in [0.29, 0.717) is 32.1 Å². The number of Topliss-reactive ketones (excluding diaryl/α,β-unsaturated/α-hetero) is 2. The maximum absolute atomic E-state index is 15.5. The van der Waals surface area contributed by atoms with Crippen LogP contribution in [0.2, 0.25) is 0 Å². The second-order valence-electron chi connectivity index (χ2n) is 15.2. The topological polar surface area (TPSA) is 124 Å². The molecule has 1 unspecified atom stereocenters. The molecule has 246 valence electrons. The minimum Gasteiger partial charge on any atom is -0.507 e. The van der Waals surface area contributed by atoms with Crippen LogP contribution < -0.4 is 0 Å². The van der Waals surface area contributed by atoms with Crippen LogP contribution in [0.25, 0.3) is 5.76 Å². The molecule has 1 saturated heterocycles. The second-order valence-corrected chi connectivity index (χ2v) is 15.2. The van der Waals surface area contributed by atoms with Gasteiger partial charge in [0.05, 0.1) is 28.1 Å². The summed E-state index contributed by atoms with van der Waals surface area (Å²) in [4.78, 5) is 30.6. The first kappa shape index (κ1) is 34.7. The van der Waals surface area contributed by atoms with Crippen molar-refractivity contribution in [3.63, 3.8) is 0 Å². The third-order valence-electron chi connectivity index (χ3n) is 10.8. The Bertz CT molecular complexity index is 1480. The van der Waals surface area contributed by atoms with E-state index in [4.69, 9.17) is 4.74 Å². The fourth-order valence-corrected chi connectivity index (χ4v) is 8.05. The molecule has 1 aliphatic heterocycles. The normalized spacial score (nSPS) is 32.4. The molecule has 4 N–H and O–H groups in total. The largest absolute Gasteiger partial charge is 0.507 e. The number of phenolic OH excluding ortho intramolecular Hbond substituents is 2. The summed E-state index contributed by atoms with van der Waals surface area (Å²) in [5.74, 6) is -1.89. The van der Waals surface area contributed by atoms with Crippen LogP contribution in [0.5, 0.6) is 11.5 Å². The van der Waals surface area contributed by atoms with Gasteiger partial charge in [0.25, 0.3) is 0 Å². The maximum atomic E-state index is 15.5. The first-order chi connectivity index (χ1) is 20.8. The van der Waals surface area contributed by atoms with Gasteiger partial charge in [-0.3, -0.25) is 9.59 Å². The smallest absolute Gasteiger partial charge is 0.179 e. The SMILES string of the molecule is CC(C)=CC[C@@H]1C[C@@]2(CC=C(C)C)C(=O)C(=C(O)c3ccc(O)c(O)c3)C3O[C@@H](C(C)(C)O)CC[C@]1(C)[C@@]3(CC=C(C)C)C2=O. The standard InChI is InChI=1S/C38H52O7/c1-22(2)10-12-26-21-37(18-14-23(3)4)32(42)30(31(41)25-11-13-27(39)28(40)20-25)33-38(34(37)43,19-15-24(5)6)36(26,9)17-16-29(45-33)35(7,8)44/h10-11,13-15,20,26,29,33,39-41,44H,12,16-19,21H2,1-9H3/t26-,29-,33?,36+,37+,38-/m1/s1. The third kappa shape index (κ3) is 5.83. The number of aromatic hydroxyl groups is 2. The molecule has 45 heavy (non-hydrogen) atoms. The van der Waals surface area contributed by atoms with E-state index in [1.54, 1.807) is 13.8 Å². The van der Waals surface area contributed by atoms with Gasteiger partial charge >= 0.3 is 0 Å². The molecule has 0 aromatic heterocycles.